The molecule has 0 radical (unpaired) electrons. The van der Waals surface area contributed by atoms with Crippen molar-refractivity contribution in [2.75, 3.05) is 13.2 Å². The first kappa shape index (κ1) is 26.0. The molecule has 0 aliphatic rings. The highest BCUT2D eigenvalue weighted by Gasteiger charge is 2.18. The van der Waals surface area contributed by atoms with Crippen molar-refractivity contribution in [1.82, 2.24) is 0 Å². The van der Waals surface area contributed by atoms with Gasteiger partial charge in [-0.2, -0.15) is 0 Å². The Morgan fingerprint density at radius 1 is 0.816 bits per heavy atom. The summed E-state index contributed by atoms with van der Waals surface area (Å²) in [5, 5.41) is 13.3. The lowest BCUT2D eigenvalue weighted by Crippen LogP contribution is -2.11. The van der Waals surface area contributed by atoms with Gasteiger partial charge in [-0.1, -0.05) is 66.7 Å². The fraction of sp³-hybridized carbons (Fsp3) is 0.156. The van der Waals surface area contributed by atoms with E-state index >= 15 is 0 Å². The first-order chi connectivity index (χ1) is 18.6. The molecule has 0 saturated heterocycles. The average molecular weight is 588 g/mol. The van der Waals surface area contributed by atoms with Crippen LogP contribution in [0.4, 0.5) is 0 Å². The molecule has 0 atom stereocenters. The van der Waals surface area contributed by atoms with E-state index in [1.54, 1.807) is 11.3 Å². The van der Waals surface area contributed by atoms with Crippen molar-refractivity contribution in [3.63, 3.8) is 0 Å². The minimum absolute atomic E-state index is 0.415. The molecule has 1 heterocycles. The lowest BCUT2D eigenvalue weighted by Gasteiger charge is -2.18. The topological polar surface area (TPSA) is 55.8 Å². The van der Waals surface area contributed by atoms with E-state index in [-0.39, 0.29) is 0 Å². The molecule has 5 aromatic rings. The third kappa shape index (κ3) is 6.44. The highest BCUT2D eigenvalue weighted by molar-refractivity contribution is 9.10. The van der Waals surface area contributed by atoms with Gasteiger partial charge < -0.3 is 14.6 Å². The zero-order chi connectivity index (χ0) is 26.3. The summed E-state index contributed by atoms with van der Waals surface area (Å²) in [4.78, 5) is 12.6. The van der Waals surface area contributed by atoms with Gasteiger partial charge in [0.05, 0.1) is 11.1 Å². The van der Waals surface area contributed by atoms with Crippen LogP contribution >= 0.6 is 27.3 Å². The van der Waals surface area contributed by atoms with Crippen molar-refractivity contribution < 1.29 is 19.4 Å². The van der Waals surface area contributed by atoms with Gasteiger partial charge in [-0.25, -0.2) is 4.79 Å². The van der Waals surface area contributed by atoms with Crippen LogP contribution in [0.15, 0.2) is 101 Å². The van der Waals surface area contributed by atoms with Crippen LogP contribution in [0.3, 0.4) is 0 Å². The summed E-state index contributed by atoms with van der Waals surface area (Å²) >= 11 is 5.48. The monoisotopic (exact) mass is 586 g/mol. The lowest BCUT2D eigenvalue weighted by molar-refractivity contribution is -0.139. The van der Waals surface area contributed by atoms with E-state index < -0.39 is 12.6 Å². The maximum Gasteiger partial charge on any atom is 0.341 e. The molecule has 0 aliphatic heterocycles. The van der Waals surface area contributed by atoms with Gasteiger partial charge in [0.1, 0.15) is 11.5 Å². The molecule has 0 aliphatic carbocycles. The van der Waals surface area contributed by atoms with Crippen LogP contribution in [0.5, 0.6) is 11.5 Å². The van der Waals surface area contributed by atoms with Gasteiger partial charge in [-0.15, -0.1) is 11.3 Å². The second kappa shape index (κ2) is 12.3. The van der Waals surface area contributed by atoms with E-state index in [0.29, 0.717) is 18.8 Å². The van der Waals surface area contributed by atoms with Crippen LogP contribution in [0.1, 0.15) is 27.1 Å². The van der Waals surface area contributed by atoms with Crippen molar-refractivity contribution in [2.24, 2.45) is 0 Å². The first-order valence-corrected chi connectivity index (χ1v) is 14.1. The number of ether oxygens (including phenoxy) is 2. The van der Waals surface area contributed by atoms with Crippen LogP contribution in [0.25, 0.3) is 10.8 Å². The molecule has 0 amide bonds. The number of hydrogen-bond donors (Lipinski definition) is 1. The molecule has 1 aromatic heterocycles. The molecule has 0 bridgehead atoms. The number of hydrogen-bond acceptors (Lipinski definition) is 4. The Labute approximate surface area is 234 Å². The summed E-state index contributed by atoms with van der Waals surface area (Å²) in [5.74, 6) is 0.348. The van der Waals surface area contributed by atoms with Gasteiger partial charge in [0, 0.05) is 35.1 Å². The number of carboxylic acid groups (broad SMARTS) is 1. The van der Waals surface area contributed by atoms with Gasteiger partial charge in [-0.3, -0.25) is 0 Å². The SMILES string of the molecule is O=C(O)COc1c(Cc2ccccc2)cc2cc(Cc3ccccc3)c(OCCc3cccs3)cc2c1Br. The maximum absolute atomic E-state index is 11.3. The first-order valence-electron chi connectivity index (χ1n) is 12.4. The zero-order valence-electron chi connectivity index (χ0n) is 20.7. The Hall–Kier alpha value is -3.61. The summed E-state index contributed by atoms with van der Waals surface area (Å²) < 4.78 is 12.9. The average Bonchev–Trinajstić information content (AvgIpc) is 3.44. The minimum atomic E-state index is -1.02. The molecular formula is C32H27BrO4S. The predicted octanol–water partition coefficient (Wildman–Crippen LogP) is 7.93. The number of rotatable bonds is 11. The molecule has 0 saturated carbocycles. The van der Waals surface area contributed by atoms with E-state index in [4.69, 9.17) is 9.47 Å². The van der Waals surface area contributed by atoms with Crippen molar-refractivity contribution in [3.8, 4) is 11.5 Å². The number of carbonyl (C=O) groups is 1. The van der Waals surface area contributed by atoms with Crippen LogP contribution in [-0.2, 0) is 24.1 Å². The molecule has 1 N–H and O–H groups in total. The summed E-state index contributed by atoms with van der Waals surface area (Å²) in [5.41, 5.74) is 4.36. The summed E-state index contributed by atoms with van der Waals surface area (Å²) in [6.45, 7) is 0.155. The highest BCUT2D eigenvalue weighted by Crippen LogP contribution is 2.41. The molecule has 5 rings (SSSR count). The fourth-order valence-electron chi connectivity index (χ4n) is 4.51. The third-order valence-electron chi connectivity index (χ3n) is 6.29. The Balaban J connectivity index is 1.57. The summed E-state index contributed by atoms with van der Waals surface area (Å²) in [6.07, 6.45) is 2.20. The number of aliphatic carboxylic acids is 1. The van der Waals surface area contributed by atoms with Gasteiger partial charge in [-0.05, 0) is 67.7 Å². The quantitative estimate of drug-likeness (QED) is 0.171. The standard InChI is InChI=1S/C32H27BrO4S/c33-31-28-20-29(36-14-13-27-12-7-15-38-27)25(16-22-8-3-1-4-9-22)18-24(28)19-26(32(31)37-21-30(34)35)17-23-10-5-2-6-11-23/h1-12,15,18-20H,13-14,16-17,21H2,(H,34,35). The second-order valence-electron chi connectivity index (χ2n) is 9.04. The van der Waals surface area contributed by atoms with Crippen LogP contribution in [-0.4, -0.2) is 24.3 Å². The molecular weight excluding hydrogens is 560 g/mol. The smallest absolute Gasteiger partial charge is 0.341 e. The Morgan fingerprint density at radius 2 is 1.47 bits per heavy atom. The molecule has 0 fully saturated rings. The second-order valence-corrected chi connectivity index (χ2v) is 10.9. The normalized spacial score (nSPS) is 11.0. The summed E-state index contributed by atoms with van der Waals surface area (Å²) in [7, 11) is 0. The summed E-state index contributed by atoms with van der Waals surface area (Å²) in [6, 6.07) is 31.0. The molecule has 38 heavy (non-hydrogen) atoms. The Bertz CT molecular complexity index is 1520. The number of fused-ring (bicyclic) bond motifs is 1. The van der Waals surface area contributed by atoms with E-state index in [1.165, 1.54) is 10.4 Å². The maximum atomic E-state index is 11.3. The number of carboxylic acids is 1. The Kier molecular flexibility index (Phi) is 8.41. The highest BCUT2D eigenvalue weighted by atomic mass is 79.9. The van der Waals surface area contributed by atoms with Gasteiger partial charge in [0.25, 0.3) is 0 Å². The zero-order valence-corrected chi connectivity index (χ0v) is 23.1. The van der Waals surface area contributed by atoms with Crippen molar-refractivity contribution in [2.45, 2.75) is 19.3 Å². The van der Waals surface area contributed by atoms with Gasteiger partial charge in [0.15, 0.2) is 6.61 Å². The Morgan fingerprint density at radius 3 is 2.11 bits per heavy atom. The largest absolute Gasteiger partial charge is 0.493 e. The molecule has 192 valence electrons. The molecule has 4 nitrogen and oxygen atoms in total. The van der Waals surface area contributed by atoms with Gasteiger partial charge >= 0.3 is 5.97 Å². The fourth-order valence-corrected chi connectivity index (χ4v) is 5.91. The lowest BCUT2D eigenvalue weighted by atomic mass is 9.96. The third-order valence-corrected chi connectivity index (χ3v) is 8.01. The number of thiophene rings is 1. The van der Waals surface area contributed by atoms with Gasteiger partial charge in [0.2, 0.25) is 0 Å². The van der Waals surface area contributed by atoms with E-state index in [0.717, 1.165) is 50.5 Å². The molecule has 6 heteroatoms. The van der Waals surface area contributed by atoms with E-state index in [2.05, 4.69) is 69.8 Å². The minimum Gasteiger partial charge on any atom is -0.493 e. The van der Waals surface area contributed by atoms with Crippen LogP contribution < -0.4 is 9.47 Å². The van der Waals surface area contributed by atoms with Crippen molar-refractivity contribution >= 4 is 44.0 Å². The predicted molar refractivity (Wildman–Crippen MR) is 157 cm³/mol. The van der Waals surface area contributed by atoms with E-state index in [9.17, 15) is 9.90 Å². The number of benzene rings is 4. The van der Waals surface area contributed by atoms with Crippen molar-refractivity contribution in [1.29, 1.82) is 0 Å². The van der Waals surface area contributed by atoms with Crippen LogP contribution in [0.2, 0.25) is 0 Å². The molecule has 4 aromatic carbocycles. The molecule has 0 spiro atoms. The molecule has 0 unspecified atom stereocenters. The van der Waals surface area contributed by atoms with E-state index in [1.807, 2.05) is 42.5 Å². The van der Waals surface area contributed by atoms with Crippen LogP contribution in [0, 0.1) is 0 Å². The number of halogens is 1. The van der Waals surface area contributed by atoms with Crippen molar-refractivity contribution in [3.05, 3.63) is 128 Å².